The van der Waals surface area contributed by atoms with Crippen LogP contribution in [0.2, 0.25) is 0 Å². The third kappa shape index (κ3) is 4.42. The van der Waals surface area contributed by atoms with E-state index in [1.807, 2.05) is 0 Å². The number of hydrogen-bond acceptors (Lipinski definition) is 4. The first-order chi connectivity index (χ1) is 14.6. The number of ether oxygens (including phenoxy) is 1. The van der Waals surface area contributed by atoms with Crippen LogP contribution in [0.25, 0.3) is 0 Å². The molecule has 0 spiro atoms. The zero-order valence-electron chi connectivity index (χ0n) is 16.8. The van der Waals surface area contributed by atoms with Crippen molar-refractivity contribution >= 4 is 17.4 Å². The largest absolute Gasteiger partial charge is 0.497 e. The second-order valence-electron chi connectivity index (χ2n) is 7.22. The number of methoxy groups -OCH3 is 1. The van der Waals surface area contributed by atoms with Gasteiger partial charge in [-0.1, -0.05) is 12.5 Å². The number of aromatic nitrogens is 3. The Balaban J connectivity index is 1.62. The number of carbonyl (C=O) groups is 1. The van der Waals surface area contributed by atoms with Gasteiger partial charge >= 0.3 is 6.03 Å². The summed E-state index contributed by atoms with van der Waals surface area (Å²) in [6.07, 6.45) is 4.20. The molecule has 156 valence electrons. The third-order valence-electron chi connectivity index (χ3n) is 5.19. The maximum atomic E-state index is 13.5. The number of rotatable bonds is 5. The Bertz CT molecular complexity index is 1020. The number of urea groups is 1. The molecule has 7 nitrogen and oxygen atoms in total. The summed E-state index contributed by atoms with van der Waals surface area (Å²) in [5, 5.41) is 11.5. The number of anilines is 2. The number of halogens is 1. The van der Waals surface area contributed by atoms with E-state index >= 15 is 0 Å². The molecule has 2 amide bonds. The summed E-state index contributed by atoms with van der Waals surface area (Å²) in [4.78, 5) is 14.7. The second kappa shape index (κ2) is 8.94. The van der Waals surface area contributed by atoms with Crippen LogP contribution in [0.3, 0.4) is 0 Å². The molecule has 0 radical (unpaired) electrons. The molecule has 30 heavy (non-hydrogen) atoms. The SMILES string of the molecule is COc1cccc(NC(=O)N(Cc2nnc3n2CCCCC3)c2ccc(F)cc2)c1. The Hall–Kier alpha value is -3.42. The molecule has 0 atom stereocenters. The number of aryl methyl sites for hydroxylation is 1. The molecule has 1 N–H and O–H groups in total. The van der Waals surface area contributed by atoms with Crippen LogP contribution in [0.5, 0.6) is 5.75 Å². The van der Waals surface area contributed by atoms with E-state index in [-0.39, 0.29) is 18.4 Å². The Kier molecular flexibility index (Phi) is 5.92. The van der Waals surface area contributed by atoms with E-state index in [4.69, 9.17) is 4.74 Å². The first-order valence-corrected chi connectivity index (χ1v) is 10.0. The van der Waals surface area contributed by atoms with Gasteiger partial charge in [-0.25, -0.2) is 9.18 Å². The van der Waals surface area contributed by atoms with Crippen LogP contribution in [0.4, 0.5) is 20.6 Å². The molecule has 1 aliphatic heterocycles. The van der Waals surface area contributed by atoms with Crippen molar-refractivity contribution in [3.8, 4) is 5.75 Å². The van der Waals surface area contributed by atoms with E-state index in [9.17, 15) is 9.18 Å². The van der Waals surface area contributed by atoms with E-state index in [1.54, 1.807) is 48.4 Å². The number of nitrogens with one attached hydrogen (secondary N) is 1. The van der Waals surface area contributed by atoms with Crippen LogP contribution in [0.1, 0.15) is 30.9 Å². The number of hydrogen-bond donors (Lipinski definition) is 1. The van der Waals surface area contributed by atoms with Crippen molar-refractivity contribution < 1.29 is 13.9 Å². The highest BCUT2D eigenvalue weighted by atomic mass is 19.1. The molecule has 1 aromatic heterocycles. The maximum Gasteiger partial charge on any atom is 0.326 e. The monoisotopic (exact) mass is 409 g/mol. The lowest BCUT2D eigenvalue weighted by atomic mass is 10.2. The predicted octanol–water partition coefficient (Wildman–Crippen LogP) is 4.39. The van der Waals surface area contributed by atoms with Crippen molar-refractivity contribution in [2.24, 2.45) is 0 Å². The van der Waals surface area contributed by atoms with Crippen molar-refractivity contribution in [3.05, 3.63) is 66.0 Å². The van der Waals surface area contributed by atoms with Gasteiger partial charge in [-0.05, 0) is 49.2 Å². The molecule has 3 aromatic rings. The van der Waals surface area contributed by atoms with Crippen molar-refractivity contribution in [1.29, 1.82) is 0 Å². The summed E-state index contributed by atoms with van der Waals surface area (Å²) in [6.45, 7) is 1.07. The van der Waals surface area contributed by atoms with Gasteiger partial charge in [-0.2, -0.15) is 0 Å². The molecular weight excluding hydrogens is 385 g/mol. The second-order valence-corrected chi connectivity index (χ2v) is 7.22. The van der Waals surface area contributed by atoms with E-state index in [1.165, 1.54) is 12.1 Å². The van der Waals surface area contributed by atoms with E-state index < -0.39 is 0 Å². The highest BCUT2D eigenvalue weighted by molar-refractivity contribution is 6.01. The van der Waals surface area contributed by atoms with Crippen LogP contribution in [0.15, 0.2) is 48.5 Å². The van der Waals surface area contributed by atoms with E-state index in [0.29, 0.717) is 17.1 Å². The number of nitrogens with zero attached hydrogens (tertiary/aromatic N) is 4. The van der Waals surface area contributed by atoms with Crippen LogP contribution in [0, 0.1) is 5.82 Å². The van der Waals surface area contributed by atoms with Crippen LogP contribution < -0.4 is 15.0 Å². The van der Waals surface area contributed by atoms with Crippen molar-refractivity contribution in [1.82, 2.24) is 14.8 Å². The van der Waals surface area contributed by atoms with Crippen LogP contribution in [-0.4, -0.2) is 27.9 Å². The van der Waals surface area contributed by atoms with Crippen molar-refractivity contribution in [3.63, 3.8) is 0 Å². The quantitative estimate of drug-likeness (QED) is 0.678. The number of benzene rings is 2. The van der Waals surface area contributed by atoms with Crippen LogP contribution in [-0.2, 0) is 19.5 Å². The van der Waals surface area contributed by atoms with Gasteiger partial charge in [0.05, 0.1) is 13.7 Å². The minimum absolute atomic E-state index is 0.231. The number of fused-ring (bicyclic) bond motifs is 1. The van der Waals surface area contributed by atoms with E-state index in [2.05, 4.69) is 20.1 Å². The predicted molar refractivity (Wildman–Crippen MR) is 112 cm³/mol. The molecular formula is C22H24FN5O2. The third-order valence-corrected chi connectivity index (χ3v) is 5.19. The van der Waals surface area contributed by atoms with Crippen molar-refractivity contribution in [2.75, 3.05) is 17.3 Å². The normalized spacial score (nSPS) is 13.3. The minimum atomic E-state index is -0.358. The molecule has 0 bridgehead atoms. The van der Waals surface area contributed by atoms with Crippen LogP contribution >= 0.6 is 0 Å². The minimum Gasteiger partial charge on any atom is -0.497 e. The lowest BCUT2D eigenvalue weighted by Gasteiger charge is -2.23. The number of carbonyl (C=O) groups excluding carboxylic acids is 1. The Labute approximate surface area is 174 Å². The lowest BCUT2D eigenvalue weighted by molar-refractivity contribution is 0.256. The molecule has 0 saturated heterocycles. The van der Waals surface area contributed by atoms with E-state index in [0.717, 1.165) is 43.9 Å². The molecule has 2 heterocycles. The van der Waals surface area contributed by atoms with Gasteiger partial charge in [0, 0.05) is 30.4 Å². The smallest absolute Gasteiger partial charge is 0.326 e. The van der Waals surface area contributed by atoms with Gasteiger partial charge in [0.15, 0.2) is 5.82 Å². The van der Waals surface area contributed by atoms with Crippen molar-refractivity contribution in [2.45, 2.75) is 38.8 Å². The molecule has 4 rings (SSSR count). The Morgan fingerprint density at radius 1 is 1.17 bits per heavy atom. The topological polar surface area (TPSA) is 72.3 Å². The fourth-order valence-corrected chi connectivity index (χ4v) is 3.60. The first-order valence-electron chi connectivity index (χ1n) is 10.0. The summed E-state index contributed by atoms with van der Waals surface area (Å²) in [7, 11) is 1.57. The first kappa shape index (κ1) is 19.9. The zero-order chi connectivity index (χ0) is 20.9. The molecule has 0 saturated carbocycles. The summed E-state index contributed by atoms with van der Waals surface area (Å²) in [6, 6.07) is 12.6. The fourth-order valence-electron chi connectivity index (χ4n) is 3.60. The molecule has 0 unspecified atom stereocenters. The zero-order valence-corrected chi connectivity index (χ0v) is 16.8. The highest BCUT2D eigenvalue weighted by Crippen LogP contribution is 2.23. The lowest BCUT2D eigenvalue weighted by Crippen LogP contribution is -2.35. The Morgan fingerprint density at radius 3 is 2.80 bits per heavy atom. The molecule has 8 heteroatoms. The molecule has 0 fully saturated rings. The fraction of sp³-hybridized carbons (Fsp3) is 0.318. The highest BCUT2D eigenvalue weighted by Gasteiger charge is 2.22. The maximum absolute atomic E-state index is 13.5. The number of amides is 2. The van der Waals surface area contributed by atoms with Gasteiger partial charge in [-0.15, -0.1) is 10.2 Å². The summed E-state index contributed by atoms with van der Waals surface area (Å²) < 4.78 is 20.8. The van der Waals surface area contributed by atoms with Gasteiger partial charge in [0.2, 0.25) is 0 Å². The van der Waals surface area contributed by atoms with Gasteiger partial charge in [0.1, 0.15) is 17.4 Å². The van der Waals surface area contributed by atoms with Gasteiger partial charge < -0.3 is 14.6 Å². The summed E-state index contributed by atoms with van der Waals surface area (Å²) in [5.41, 5.74) is 1.18. The van der Waals surface area contributed by atoms with Gasteiger partial charge in [0.25, 0.3) is 0 Å². The van der Waals surface area contributed by atoms with Gasteiger partial charge in [-0.3, -0.25) is 4.90 Å². The molecule has 2 aromatic carbocycles. The average Bonchev–Trinajstić information content (AvgIpc) is 2.98. The summed E-state index contributed by atoms with van der Waals surface area (Å²) >= 11 is 0. The summed E-state index contributed by atoms with van der Waals surface area (Å²) in [5.74, 6) is 1.96. The molecule has 1 aliphatic rings. The molecule has 0 aliphatic carbocycles. The Morgan fingerprint density at radius 2 is 2.00 bits per heavy atom. The standard InChI is InChI=1S/C22H24FN5O2/c1-30-19-7-5-6-17(14-19)24-22(29)28(18-11-9-16(23)10-12-18)15-21-26-25-20-8-3-2-4-13-27(20)21/h5-7,9-12,14H,2-4,8,13,15H2,1H3,(H,24,29). The average molecular weight is 409 g/mol.